The second-order valence-electron chi connectivity index (χ2n) is 6.67. The quantitative estimate of drug-likeness (QED) is 0.804. The minimum Gasteiger partial charge on any atom is -0.379 e. The molecule has 3 rings (SSSR count). The molecule has 1 fully saturated rings. The van der Waals surface area contributed by atoms with E-state index in [1.165, 1.54) is 14.9 Å². The number of aryl methyl sites for hydroxylation is 2. The maximum Gasteiger partial charge on any atom is 0.253 e. The SMILES string of the molecule is Cc1ccc(NC(=O)Cn2cccc(C)c2=O)cc1S(=O)(=O)N1CCOCC1. The van der Waals surface area contributed by atoms with Gasteiger partial charge in [-0.3, -0.25) is 9.59 Å². The highest BCUT2D eigenvalue weighted by Crippen LogP contribution is 2.24. The predicted octanol–water partition coefficient (Wildman–Crippen LogP) is 1.12. The van der Waals surface area contributed by atoms with E-state index in [0.29, 0.717) is 43.1 Å². The molecule has 0 radical (unpaired) electrons. The van der Waals surface area contributed by atoms with E-state index in [0.717, 1.165) is 0 Å². The number of carbonyl (C=O) groups excluding carboxylic acids is 1. The van der Waals surface area contributed by atoms with Gasteiger partial charge in [0.2, 0.25) is 15.9 Å². The van der Waals surface area contributed by atoms with Crippen molar-refractivity contribution in [2.24, 2.45) is 0 Å². The first kappa shape index (κ1) is 20.2. The number of nitrogens with zero attached hydrogens (tertiary/aromatic N) is 2. The zero-order valence-electron chi connectivity index (χ0n) is 15.8. The van der Waals surface area contributed by atoms with Crippen molar-refractivity contribution in [3.63, 3.8) is 0 Å². The topological polar surface area (TPSA) is 97.7 Å². The Hall–Kier alpha value is -2.49. The van der Waals surface area contributed by atoms with Gasteiger partial charge in [-0.15, -0.1) is 0 Å². The fourth-order valence-corrected chi connectivity index (χ4v) is 4.68. The lowest BCUT2D eigenvalue weighted by atomic mass is 10.2. The maximum absolute atomic E-state index is 12.9. The first-order valence-corrected chi connectivity index (χ1v) is 10.4. The molecule has 1 aliphatic heterocycles. The van der Waals surface area contributed by atoms with Gasteiger partial charge in [-0.2, -0.15) is 4.31 Å². The van der Waals surface area contributed by atoms with E-state index in [1.807, 2.05) is 0 Å². The highest BCUT2D eigenvalue weighted by Gasteiger charge is 2.28. The fraction of sp³-hybridized carbons (Fsp3) is 0.368. The van der Waals surface area contributed by atoms with Crippen molar-refractivity contribution in [3.8, 4) is 0 Å². The third-order valence-corrected chi connectivity index (χ3v) is 6.62. The Morgan fingerprint density at radius 2 is 1.86 bits per heavy atom. The summed E-state index contributed by atoms with van der Waals surface area (Å²) < 4.78 is 33.8. The molecule has 0 bridgehead atoms. The molecule has 0 aliphatic carbocycles. The first-order chi connectivity index (χ1) is 13.3. The molecule has 0 spiro atoms. The number of pyridine rings is 1. The molecule has 0 unspecified atom stereocenters. The van der Waals surface area contributed by atoms with Crippen LogP contribution in [0.5, 0.6) is 0 Å². The number of nitrogens with one attached hydrogen (secondary N) is 1. The van der Waals surface area contributed by atoms with Crippen LogP contribution in [0, 0.1) is 13.8 Å². The van der Waals surface area contributed by atoms with Crippen LogP contribution in [-0.4, -0.2) is 49.5 Å². The van der Waals surface area contributed by atoms with Gasteiger partial charge in [0, 0.05) is 30.5 Å². The zero-order valence-corrected chi connectivity index (χ0v) is 16.7. The van der Waals surface area contributed by atoms with Gasteiger partial charge in [-0.25, -0.2) is 8.42 Å². The molecule has 1 aromatic carbocycles. The summed E-state index contributed by atoms with van der Waals surface area (Å²) in [4.78, 5) is 24.5. The fourth-order valence-electron chi connectivity index (χ4n) is 3.02. The highest BCUT2D eigenvalue weighted by molar-refractivity contribution is 7.89. The highest BCUT2D eigenvalue weighted by atomic mass is 32.2. The molecule has 1 aliphatic rings. The molecule has 2 aromatic rings. The normalized spacial score (nSPS) is 15.4. The number of morpholine rings is 1. The van der Waals surface area contributed by atoms with Crippen LogP contribution in [0.25, 0.3) is 0 Å². The van der Waals surface area contributed by atoms with E-state index in [-0.39, 0.29) is 17.0 Å². The Kier molecular flexibility index (Phi) is 5.97. The van der Waals surface area contributed by atoms with E-state index < -0.39 is 15.9 Å². The average Bonchev–Trinajstić information content (AvgIpc) is 2.67. The second kappa shape index (κ2) is 8.26. The summed E-state index contributed by atoms with van der Waals surface area (Å²) in [5.41, 5.74) is 1.27. The van der Waals surface area contributed by atoms with Gasteiger partial charge >= 0.3 is 0 Å². The molecular weight excluding hydrogens is 382 g/mol. The van der Waals surface area contributed by atoms with Crippen molar-refractivity contribution in [1.29, 1.82) is 0 Å². The number of amides is 1. The standard InChI is InChI=1S/C19H23N3O5S/c1-14-5-6-16(12-17(14)28(25,26)22-8-10-27-11-9-22)20-18(23)13-21-7-3-4-15(2)19(21)24/h3-7,12H,8-11,13H2,1-2H3,(H,20,23). The maximum atomic E-state index is 12.9. The smallest absolute Gasteiger partial charge is 0.253 e. The number of benzene rings is 1. The number of ether oxygens (including phenoxy) is 1. The van der Waals surface area contributed by atoms with Gasteiger partial charge in [0.05, 0.1) is 18.1 Å². The van der Waals surface area contributed by atoms with Crippen LogP contribution in [0.3, 0.4) is 0 Å². The number of carbonyl (C=O) groups is 1. The van der Waals surface area contributed by atoms with Gasteiger partial charge in [0.25, 0.3) is 5.56 Å². The van der Waals surface area contributed by atoms with Crippen LogP contribution in [-0.2, 0) is 26.1 Å². The van der Waals surface area contributed by atoms with Gasteiger partial charge in [0.1, 0.15) is 6.54 Å². The Balaban J connectivity index is 1.80. The molecular formula is C19H23N3O5S. The number of hydrogen-bond acceptors (Lipinski definition) is 5. The monoisotopic (exact) mass is 405 g/mol. The molecule has 8 nitrogen and oxygen atoms in total. The molecule has 150 valence electrons. The molecule has 1 saturated heterocycles. The lowest BCUT2D eigenvalue weighted by Crippen LogP contribution is -2.40. The number of rotatable bonds is 5. The predicted molar refractivity (Wildman–Crippen MR) is 105 cm³/mol. The summed E-state index contributed by atoms with van der Waals surface area (Å²) in [7, 11) is -3.68. The minimum atomic E-state index is -3.68. The Labute approximate surface area is 163 Å². The van der Waals surface area contributed by atoms with E-state index in [4.69, 9.17) is 4.74 Å². The van der Waals surface area contributed by atoms with E-state index in [1.54, 1.807) is 44.3 Å². The van der Waals surface area contributed by atoms with Gasteiger partial charge in [-0.1, -0.05) is 12.1 Å². The zero-order chi connectivity index (χ0) is 20.3. The molecule has 2 heterocycles. The molecule has 28 heavy (non-hydrogen) atoms. The minimum absolute atomic E-state index is 0.153. The Morgan fingerprint density at radius 3 is 2.57 bits per heavy atom. The Bertz CT molecular complexity index is 1040. The third kappa shape index (κ3) is 4.32. The van der Waals surface area contributed by atoms with Gasteiger partial charge in [0.15, 0.2) is 0 Å². The largest absolute Gasteiger partial charge is 0.379 e. The van der Waals surface area contributed by atoms with E-state index in [2.05, 4.69) is 5.32 Å². The van der Waals surface area contributed by atoms with Crippen LogP contribution in [0.15, 0.2) is 46.2 Å². The summed E-state index contributed by atoms with van der Waals surface area (Å²) in [5, 5.41) is 2.67. The van der Waals surface area contributed by atoms with Crippen LogP contribution >= 0.6 is 0 Å². The number of aromatic nitrogens is 1. The molecule has 9 heteroatoms. The second-order valence-corrected chi connectivity index (χ2v) is 8.58. The van der Waals surface area contributed by atoms with Crippen LogP contribution < -0.4 is 10.9 Å². The van der Waals surface area contributed by atoms with Gasteiger partial charge < -0.3 is 14.6 Å². The Morgan fingerprint density at radius 1 is 1.14 bits per heavy atom. The van der Waals surface area contributed by atoms with Crippen molar-refractivity contribution in [3.05, 3.63) is 58.0 Å². The lowest BCUT2D eigenvalue weighted by Gasteiger charge is -2.26. The summed E-state index contributed by atoms with van der Waals surface area (Å²) >= 11 is 0. The van der Waals surface area contributed by atoms with Crippen molar-refractivity contribution < 1.29 is 17.9 Å². The number of anilines is 1. The summed E-state index contributed by atoms with van der Waals surface area (Å²) in [6.07, 6.45) is 1.54. The van der Waals surface area contributed by atoms with Gasteiger partial charge in [-0.05, 0) is 37.6 Å². The van der Waals surface area contributed by atoms with E-state index in [9.17, 15) is 18.0 Å². The average molecular weight is 405 g/mol. The van der Waals surface area contributed by atoms with Crippen molar-refractivity contribution in [2.45, 2.75) is 25.3 Å². The van der Waals surface area contributed by atoms with Crippen molar-refractivity contribution >= 4 is 21.6 Å². The van der Waals surface area contributed by atoms with Crippen LogP contribution in [0.2, 0.25) is 0 Å². The molecule has 0 saturated carbocycles. The van der Waals surface area contributed by atoms with E-state index >= 15 is 0 Å². The lowest BCUT2D eigenvalue weighted by molar-refractivity contribution is -0.116. The molecule has 1 aromatic heterocycles. The number of sulfonamides is 1. The van der Waals surface area contributed by atoms with Crippen LogP contribution in [0.1, 0.15) is 11.1 Å². The van der Waals surface area contributed by atoms with Crippen molar-refractivity contribution in [1.82, 2.24) is 8.87 Å². The third-order valence-electron chi connectivity index (χ3n) is 4.58. The molecule has 1 amide bonds. The molecule has 1 N–H and O–H groups in total. The summed E-state index contributed by atoms with van der Waals surface area (Å²) in [5.74, 6) is -0.411. The summed E-state index contributed by atoms with van der Waals surface area (Å²) in [6.45, 7) is 4.56. The number of hydrogen-bond donors (Lipinski definition) is 1. The molecule has 0 atom stereocenters. The van der Waals surface area contributed by atoms with Crippen LogP contribution in [0.4, 0.5) is 5.69 Å². The first-order valence-electron chi connectivity index (χ1n) is 8.93. The summed E-state index contributed by atoms with van der Waals surface area (Å²) in [6, 6.07) is 8.13. The van der Waals surface area contributed by atoms with Crippen molar-refractivity contribution in [2.75, 3.05) is 31.6 Å².